The first-order valence-electron chi connectivity index (χ1n) is 12.1. The molecule has 1 amide bonds. The summed E-state index contributed by atoms with van der Waals surface area (Å²) in [6.45, 7) is 3.20. The number of alkyl halides is 6. The Balaban J connectivity index is 1.64. The van der Waals surface area contributed by atoms with Gasteiger partial charge in [0.25, 0.3) is 0 Å². The van der Waals surface area contributed by atoms with Crippen LogP contribution in [0.2, 0.25) is 0 Å². The summed E-state index contributed by atoms with van der Waals surface area (Å²) in [6.07, 6.45) is -11.7. The fraction of sp³-hybridized carbons (Fsp3) is 0.500. The van der Waals surface area contributed by atoms with Crippen LogP contribution in [-0.2, 0) is 26.6 Å². The van der Waals surface area contributed by atoms with Gasteiger partial charge in [0.05, 0.1) is 30.4 Å². The number of amides is 1. The first kappa shape index (κ1) is 28.3. The lowest BCUT2D eigenvalue weighted by molar-refractivity contribution is -0.210. The van der Waals surface area contributed by atoms with E-state index in [2.05, 4.69) is 5.32 Å². The van der Waals surface area contributed by atoms with Gasteiger partial charge in [0.2, 0.25) is 5.91 Å². The standard InChI is InChI=1S/C26H27F7N2O3/c1-15(18-10-19(25(28,29)30)12-20(11-18)26(31,32)33)38-24-23(16-2-4-21(27)5-3-16)17(6-9-37-24)14-35-8-7-34-13-22(35)36/h2-5,10-12,15,17,23-24,34H,6-9,13-14H2,1H3/t15-,17+,23+,24-/m1/s1. The largest absolute Gasteiger partial charge is 0.416 e. The van der Waals surface area contributed by atoms with Gasteiger partial charge in [0.1, 0.15) is 5.82 Å². The molecule has 208 valence electrons. The summed E-state index contributed by atoms with van der Waals surface area (Å²) in [5.41, 5.74) is -2.57. The van der Waals surface area contributed by atoms with E-state index in [1.165, 1.54) is 31.2 Å². The van der Waals surface area contributed by atoms with E-state index in [-0.39, 0.29) is 36.6 Å². The van der Waals surface area contributed by atoms with Gasteiger partial charge < -0.3 is 19.7 Å². The Morgan fingerprint density at radius 2 is 1.68 bits per heavy atom. The van der Waals surface area contributed by atoms with Crippen LogP contribution in [0.3, 0.4) is 0 Å². The molecule has 0 radical (unpaired) electrons. The predicted octanol–water partition coefficient (Wildman–Crippen LogP) is 5.52. The van der Waals surface area contributed by atoms with Crippen molar-refractivity contribution in [2.75, 3.05) is 32.8 Å². The fourth-order valence-corrected chi connectivity index (χ4v) is 4.90. The van der Waals surface area contributed by atoms with Gasteiger partial charge in [-0.1, -0.05) is 12.1 Å². The van der Waals surface area contributed by atoms with Crippen LogP contribution in [0.1, 0.15) is 47.6 Å². The number of piperazine rings is 1. The van der Waals surface area contributed by atoms with Crippen LogP contribution in [0.15, 0.2) is 42.5 Å². The van der Waals surface area contributed by atoms with Gasteiger partial charge in [-0.25, -0.2) is 4.39 Å². The molecule has 2 aliphatic heterocycles. The third-order valence-electron chi connectivity index (χ3n) is 6.89. The summed E-state index contributed by atoms with van der Waals surface area (Å²) in [6, 6.07) is 6.90. The quantitative estimate of drug-likeness (QED) is 0.484. The van der Waals surface area contributed by atoms with Gasteiger partial charge in [0.15, 0.2) is 6.29 Å². The lowest BCUT2D eigenvalue weighted by atomic mass is 9.81. The number of hydrogen-bond donors (Lipinski definition) is 1. The number of carbonyl (C=O) groups excluding carboxylic acids is 1. The molecule has 2 fully saturated rings. The van der Waals surface area contributed by atoms with Crippen molar-refractivity contribution >= 4 is 5.91 Å². The molecular weight excluding hydrogens is 521 g/mol. The maximum Gasteiger partial charge on any atom is 0.416 e. The Morgan fingerprint density at radius 1 is 1.05 bits per heavy atom. The van der Waals surface area contributed by atoms with E-state index in [1.807, 2.05) is 0 Å². The normalized spacial score (nSPS) is 23.9. The van der Waals surface area contributed by atoms with Gasteiger partial charge in [-0.3, -0.25) is 4.79 Å². The van der Waals surface area contributed by atoms with Gasteiger partial charge in [-0.2, -0.15) is 26.3 Å². The van der Waals surface area contributed by atoms with Crippen molar-refractivity contribution in [1.29, 1.82) is 0 Å². The minimum Gasteiger partial charge on any atom is -0.352 e. The first-order valence-corrected chi connectivity index (χ1v) is 12.1. The molecular formula is C26H27F7N2O3. The predicted molar refractivity (Wildman–Crippen MR) is 122 cm³/mol. The van der Waals surface area contributed by atoms with Gasteiger partial charge >= 0.3 is 12.4 Å². The third kappa shape index (κ3) is 6.65. The lowest BCUT2D eigenvalue weighted by Gasteiger charge is -2.42. The Bertz CT molecular complexity index is 1090. The summed E-state index contributed by atoms with van der Waals surface area (Å²) >= 11 is 0. The highest BCUT2D eigenvalue weighted by Crippen LogP contribution is 2.41. The molecule has 2 heterocycles. The maximum atomic E-state index is 13.7. The fourth-order valence-electron chi connectivity index (χ4n) is 4.90. The second kappa shape index (κ2) is 11.2. The van der Waals surface area contributed by atoms with E-state index < -0.39 is 47.6 Å². The van der Waals surface area contributed by atoms with E-state index >= 15 is 0 Å². The molecule has 2 aliphatic rings. The number of benzene rings is 2. The number of ether oxygens (including phenoxy) is 2. The molecule has 0 aromatic heterocycles. The summed E-state index contributed by atoms with van der Waals surface area (Å²) < 4.78 is 106. The molecule has 2 saturated heterocycles. The van der Waals surface area contributed by atoms with Crippen molar-refractivity contribution in [3.8, 4) is 0 Å². The Kier molecular flexibility index (Phi) is 8.34. The molecule has 12 heteroatoms. The number of halogens is 7. The zero-order chi connectivity index (χ0) is 27.7. The van der Waals surface area contributed by atoms with Crippen LogP contribution in [0.4, 0.5) is 30.7 Å². The number of nitrogens with one attached hydrogen (secondary N) is 1. The zero-order valence-corrected chi connectivity index (χ0v) is 20.4. The SMILES string of the molecule is C[C@@H](O[C@H]1OCC[C@@H](CN2CCNCC2=O)[C@@H]1c1ccc(F)cc1)c1cc(C(F)(F)F)cc(C(F)(F)F)c1. The number of carbonyl (C=O) groups is 1. The van der Waals surface area contributed by atoms with Crippen LogP contribution in [0.5, 0.6) is 0 Å². The summed E-state index contributed by atoms with van der Waals surface area (Å²) in [5.74, 6) is -1.33. The third-order valence-corrected chi connectivity index (χ3v) is 6.89. The monoisotopic (exact) mass is 548 g/mol. The molecule has 0 bridgehead atoms. The van der Waals surface area contributed by atoms with Crippen molar-refractivity contribution in [3.05, 3.63) is 70.5 Å². The molecule has 0 aliphatic carbocycles. The maximum absolute atomic E-state index is 13.7. The van der Waals surface area contributed by atoms with Crippen molar-refractivity contribution in [3.63, 3.8) is 0 Å². The Labute approximate surface area is 214 Å². The molecule has 0 spiro atoms. The minimum absolute atomic E-state index is 0.0646. The van der Waals surface area contributed by atoms with Crippen LogP contribution >= 0.6 is 0 Å². The van der Waals surface area contributed by atoms with Gasteiger partial charge in [-0.15, -0.1) is 0 Å². The molecule has 5 nitrogen and oxygen atoms in total. The van der Waals surface area contributed by atoms with Crippen LogP contribution < -0.4 is 5.32 Å². The Morgan fingerprint density at radius 3 is 2.26 bits per heavy atom. The van der Waals surface area contributed by atoms with Crippen molar-refractivity contribution < 1.29 is 45.0 Å². The van der Waals surface area contributed by atoms with Crippen LogP contribution in [0, 0.1) is 11.7 Å². The van der Waals surface area contributed by atoms with Crippen LogP contribution in [0.25, 0.3) is 0 Å². The van der Waals surface area contributed by atoms with E-state index in [4.69, 9.17) is 9.47 Å². The van der Waals surface area contributed by atoms with E-state index in [1.54, 1.807) is 4.90 Å². The number of hydrogen-bond acceptors (Lipinski definition) is 4. The average molecular weight is 548 g/mol. The highest BCUT2D eigenvalue weighted by molar-refractivity contribution is 5.79. The Hall–Kier alpha value is -2.70. The van der Waals surface area contributed by atoms with Crippen molar-refractivity contribution in [1.82, 2.24) is 10.2 Å². The van der Waals surface area contributed by atoms with E-state index in [0.29, 0.717) is 43.8 Å². The van der Waals surface area contributed by atoms with E-state index in [0.717, 1.165) is 0 Å². The molecule has 2 aromatic carbocycles. The highest BCUT2D eigenvalue weighted by Gasteiger charge is 2.41. The molecule has 38 heavy (non-hydrogen) atoms. The highest BCUT2D eigenvalue weighted by atomic mass is 19.4. The molecule has 4 atom stereocenters. The molecule has 2 aromatic rings. The topological polar surface area (TPSA) is 50.8 Å². The molecule has 0 unspecified atom stereocenters. The van der Waals surface area contributed by atoms with Crippen LogP contribution in [-0.4, -0.2) is 49.9 Å². The average Bonchev–Trinajstić information content (AvgIpc) is 2.85. The number of nitrogens with zero attached hydrogens (tertiary/aromatic N) is 1. The molecule has 4 rings (SSSR count). The first-order chi connectivity index (χ1) is 17.8. The summed E-state index contributed by atoms with van der Waals surface area (Å²) in [5, 5.41) is 2.99. The smallest absolute Gasteiger partial charge is 0.352 e. The number of rotatable bonds is 6. The zero-order valence-electron chi connectivity index (χ0n) is 20.4. The molecule has 1 N–H and O–H groups in total. The molecule has 0 saturated carbocycles. The second-order valence-corrected chi connectivity index (χ2v) is 9.50. The second-order valence-electron chi connectivity index (χ2n) is 9.50. The van der Waals surface area contributed by atoms with Crippen molar-refractivity contribution in [2.24, 2.45) is 5.92 Å². The minimum atomic E-state index is -4.99. The van der Waals surface area contributed by atoms with Gasteiger partial charge in [0, 0.05) is 25.6 Å². The van der Waals surface area contributed by atoms with Crippen molar-refractivity contribution in [2.45, 2.75) is 44.0 Å². The summed E-state index contributed by atoms with van der Waals surface area (Å²) in [4.78, 5) is 14.1. The van der Waals surface area contributed by atoms with Gasteiger partial charge in [-0.05, 0) is 60.7 Å². The lowest BCUT2D eigenvalue weighted by Crippen LogP contribution is -2.51. The van der Waals surface area contributed by atoms with E-state index in [9.17, 15) is 35.5 Å². The summed E-state index contributed by atoms with van der Waals surface area (Å²) in [7, 11) is 0.